The Hall–Kier alpha value is -1.28. The van der Waals surface area contributed by atoms with E-state index in [1.165, 1.54) is 82.6 Å². The first-order valence-electron chi connectivity index (χ1n) is 11.7. The number of hydrogen-bond donors (Lipinski definition) is 0. The Kier molecular flexibility index (Phi) is 11.4. The van der Waals surface area contributed by atoms with Gasteiger partial charge in [0.1, 0.15) is 18.0 Å². The second-order valence-corrected chi connectivity index (χ2v) is 8.62. The molecule has 1 heterocycles. The van der Waals surface area contributed by atoms with Gasteiger partial charge in [0, 0.05) is 0 Å². The Morgan fingerprint density at radius 2 is 1.50 bits per heavy atom. The van der Waals surface area contributed by atoms with Crippen LogP contribution in [0.2, 0.25) is 0 Å². The van der Waals surface area contributed by atoms with Gasteiger partial charge in [-0.15, -0.1) is 0 Å². The number of allylic oxidation sites excluding steroid dienone is 2. The maximum absolute atomic E-state index is 6.00. The second-order valence-electron chi connectivity index (χ2n) is 8.62. The fourth-order valence-electron chi connectivity index (χ4n) is 3.50. The number of ether oxygens (including phenoxy) is 2. The molecule has 0 aromatic heterocycles. The highest BCUT2D eigenvalue weighted by molar-refractivity contribution is 5.33. The van der Waals surface area contributed by atoms with Gasteiger partial charge in [-0.05, 0) is 57.1 Å². The lowest BCUT2D eigenvalue weighted by Gasteiger charge is -2.13. The predicted molar refractivity (Wildman–Crippen MR) is 120 cm³/mol. The molecule has 1 fully saturated rings. The van der Waals surface area contributed by atoms with E-state index in [9.17, 15) is 0 Å². The fraction of sp³-hybridized carbons (Fsp3) is 0.692. The highest BCUT2D eigenvalue weighted by atomic mass is 16.6. The standard InChI is InChI=1S/C26H42O2/c1-3-4-5-6-7-8-9-10-11-12-13-14-15-16-19-24-20-17-18-21-25(24)27-22-26(2)23-28-26/h8-9,17-18,20-21H,3-7,10-16,19,22-23H2,1-2H3/b9-8+. The summed E-state index contributed by atoms with van der Waals surface area (Å²) in [6.07, 6.45) is 22.0. The first-order valence-corrected chi connectivity index (χ1v) is 11.7. The van der Waals surface area contributed by atoms with E-state index < -0.39 is 0 Å². The van der Waals surface area contributed by atoms with E-state index in [-0.39, 0.29) is 5.60 Å². The average Bonchev–Trinajstić information content (AvgIpc) is 3.45. The number of rotatable bonds is 17. The van der Waals surface area contributed by atoms with E-state index in [0.29, 0.717) is 6.61 Å². The van der Waals surface area contributed by atoms with Crippen LogP contribution in [0.15, 0.2) is 36.4 Å². The van der Waals surface area contributed by atoms with E-state index >= 15 is 0 Å². The van der Waals surface area contributed by atoms with E-state index in [2.05, 4.69) is 50.3 Å². The zero-order valence-electron chi connectivity index (χ0n) is 18.4. The Labute approximate surface area is 173 Å². The highest BCUT2D eigenvalue weighted by Crippen LogP contribution is 2.28. The first kappa shape index (κ1) is 23.0. The summed E-state index contributed by atoms with van der Waals surface area (Å²) in [6.45, 7) is 5.87. The van der Waals surface area contributed by atoms with E-state index in [4.69, 9.17) is 9.47 Å². The van der Waals surface area contributed by atoms with Crippen LogP contribution in [0.25, 0.3) is 0 Å². The maximum Gasteiger partial charge on any atom is 0.123 e. The monoisotopic (exact) mass is 386 g/mol. The molecule has 1 unspecified atom stereocenters. The summed E-state index contributed by atoms with van der Waals surface area (Å²) in [7, 11) is 0. The lowest BCUT2D eigenvalue weighted by molar-refractivity contribution is 0.201. The SMILES string of the molecule is CCCCCC/C=C/CCCCCCCCc1ccccc1OCC1(C)CO1. The molecule has 0 amide bonds. The van der Waals surface area contributed by atoms with Crippen LogP contribution < -0.4 is 4.74 Å². The minimum Gasteiger partial charge on any atom is -0.490 e. The summed E-state index contributed by atoms with van der Waals surface area (Å²) in [5.74, 6) is 1.04. The molecule has 0 saturated carbocycles. The number of benzene rings is 1. The van der Waals surface area contributed by atoms with E-state index in [0.717, 1.165) is 18.8 Å². The summed E-state index contributed by atoms with van der Waals surface area (Å²) in [5.41, 5.74) is 1.30. The normalized spacial score (nSPS) is 18.6. The number of aryl methyl sites for hydroxylation is 1. The molecule has 2 heteroatoms. The smallest absolute Gasteiger partial charge is 0.123 e. The molecular weight excluding hydrogens is 344 g/mol. The van der Waals surface area contributed by atoms with Gasteiger partial charge in [-0.2, -0.15) is 0 Å². The lowest BCUT2D eigenvalue weighted by atomic mass is 10.0. The molecule has 0 spiro atoms. The van der Waals surface area contributed by atoms with E-state index in [1.807, 2.05) is 0 Å². The van der Waals surface area contributed by atoms with Gasteiger partial charge in [0.15, 0.2) is 0 Å². The number of para-hydroxylation sites is 1. The molecule has 2 nitrogen and oxygen atoms in total. The molecule has 0 radical (unpaired) electrons. The van der Waals surface area contributed by atoms with Crippen LogP contribution in [0.5, 0.6) is 5.75 Å². The van der Waals surface area contributed by atoms with Gasteiger partial charge in [0.25, 0.3) is 0 Å². The molecule has 1 aliphatic rings. The number of hydrogen-bond acceptors (Lipinski definition) is 2. The third kappa shape index (κ3) is 10.3. The molecule has 0 bridgehead atoms. The summed E-state index contributed by atoms with van der Waals surface area (Å²) in [4.78, 5) is 0. The van der Waals surface area contributed by atoms with Crippen molar-refractivity contribution in [3.8, 4) is 5.75 Å². The van der Waals surface area contributed by atoms with Gasteiger partial charge in [-0.1, -0.05) is 82.2 Å². The van der Waals surface area contributed by atoms with Crippen molar-refractivity contribution in [3.05, 3.63) is 42.0 Å². The summed E-state index contributed by atoms with van der Waals surface area (Å²) >= 11 is 0. The van der Waals surface area contributed by atoms with Crippen molar-refractivity contribution in [2.75, 3.05) is 13.2 Å². The Morgan fingerprint density at radius 1 is 0.893 bits per heavy atom. The summed E-state index contributed by atoms with van der Waals surface area (Å²) in [6, 6.07) is 8.49. The largest absolute Gasteiger partial charge is 0.490 e. The van der Waals surface area contributed by atoms with Crippen molar-refractivity contribution in [2.45, 2.75) is 103 Å². The Morgan fingerprint density at radius 3 is 2.18 bits per heavy atom. The van der Waals surface area contributed by atoms with Crippen molar-refractivity contribution in [3.63, 3.8) is 0 Å². The number of epoxide rings is 1. The van der Waals surface area contributed by atoms with Gasteiger partial charge in [-0.25, -0.2) is 0 Å². The van der Waals surface area contributed by atoms with Crippen LogP contribution in [0.4, 0.5) is 0 Å². The third-order valence-electron chi connectivity index (χ3n) is 5.60. The molecule has 1 aliphatic heterocycles. The van der Waals surface area contributed by atoms with Crippen molar-refractivity contribution >= 4 is 0 Å². The molecule has 1 atom stereocenters. The van der Waals surface area contributed by atoms with Crippen LogP contribution >= 0.6 is 0 Å². The van der Waals surface area contributed by atoms with Crippen molar-refractivity contribution in [2.24, 2.45) is 0 Å². The van der Waals surface area contributed by atoms with Gasteiger partial charge >= 0.3 is 0 Å². The third-order valence-corrected chi connectivity index (χ3v) is 5.60. The average molecular weight is 387 g/mol. The van der Waals surface area contributed by atoms with Crippen LogP contribution in [-0.4, -0.2) is 18.8 Å². The highest BCUT2D eigenvalue weighted by Gasteiger charge is 2.40. The zero-order chi connectivity index (χ0) is 19.9. The van der Waals surface area contributed by atoms with Gasteiger partial charge in [-0.3, -0.25) is 0 Å². The van der Waals surface area contributed by atoms with Crippen LogP contribution in [0.1, 0.15) is 96.5 Å². The molecule has 0 N–H and O–H groups in total. The molecule has 158 valence electrons. The van der Waals surface area contributed by atoms with Gasteiger partial charge < -0.3 is 9.47 Å². The first-order chi connectivity index (χ1) is 13.7. The topological polar surface area (TPSA) is 21.8 Å². The summed E-state index contributed by atoms with van der Waals surface area (Å²) in [5, 5.41) is 0. The molecule has 0 aliphatic carbocycles. The lowest BCUT2D eigenvalue weighted by Crippen LogP contribution is -2.17. The number of unbranched alkanes of at least 4 members (excludes halogenated alkanes) is 10. The van der Waals surface area contributed by atoms with Crippen molar-refractivity contribution in [1.29, 1.82) is 0 Å². The molecule has 1 aromatic carbocycles. The van der Waals surface area contributed by atoms with Crippen LogP contribution in [-0.2, 0) is 11.2 Å². The molecule has 28 heavy (non-hydrogen) atoms. The fourth-order valence-corrected chi connectivity index (χ4v) is 3.50. The van der Waals surface area contributed by atoms with Gasteiger partial charge in [0.2, 0.25) is 0 Å². The minimum absolute atomic E-state index is 0.0443. The Balaban J connectivity index is 1.45. The van der Waals surface area contributed by atoms with Crippen LogP contribution in [0, 0.1) is 0 Å². The molecular formula is C26H42O2. The minimum atomic E-state index is -0.0443. The summed E-state index contributed by atoms with van der Waals surface area (Å²) < 4.78 is 11.4. The van der Waals surface area contributed by atoms with Crippen LogP contribution in [0.3, 0.4) is 0 Å². The Bertz CT molecular complexity index is 545. The zero-order valence-corrected chi connectivity index (χ0v) is 18.4. The maximum atomic E-state index is 6.00. The van der Waals surface area contributed by atoms with Crippen molar-refractivity contribution in [1.82, 2.24) is 0 Å². The predicted octanol–water partition coefficient (Wildman–Crippen LogP) is 7.65. The molecule has 1 aromatic rings. The second kappa shape index (κ2) is 13.8. The van der Waals surface area contributed by atoms with Crippen molar-refractivity contribution < 1.29 is 9.47 Å². The van der Waals surface area contributed by atoms with Gasteiger partial charge in [0.05, 0.1) is 6.61 Å². The molecule has 2 rings (SSSR count). The quantitative estimate of drug-likeness (QED) is 0.156. The van der Waals surface area contributed by atoms with E-state index in [1.54, 1.807) is 0 Å². The molecule has 1 saturated heterocycles.